The molecule has 0 unspecified atom stereocenters. The average molecular weight is 575 g/mol. The van der Waals surface area contributed by atoms with Crippen molar-refractivity contribution in [2.45, 2.75) is 39.9 Å². The van der Waals surface area contributed by atoms with Crippen LogP contribution in [0.2, 0.25) is 0 Å². The van der Waals surface area contributed by atoms with Crippen LogP contribution in [0, 0.1) is 6.92 Å². The Balaban J connectivity index is 0.00000323. The Morgan fingerprint density at radius 2 is 1.71 bits per heavy atom. The first-order valence-electron chi connectivity index (χ1n) is 13.4. The summed E-state index contributed by atoms with van der Waals surface area (Å²) in [5, 5.41) is 5.19. The minimum atomic E-state index is -4.57. The molecule has 1 aliphatic rings. The van der Waals surface area contributed by atoms with Crippen LogP contribution in [-0.2, 0) is 17.5 Å². The molecule has 0 atom stereocenters. The molecule has 1 aromatic heterocycles. The molecular formula is C29H37F3N6O3. The van der Waals surface area contributed by atoms with Crippen LogP contribution < -0.4 is 15.4 Å². The van der Waals surface area contributed by atoms with E-state index in [4.69, 9.17) is 4.74 Å². The fraction of sp³-hybridized carbons (Fsp3) is 0.379. The van der Waals surface area contributed by atoms with E-state index in [0.717, 1.165) is 25.7 Å². The van der Waals surface area contributed by atoms with Crippen molar-refractivity contribution < 1.29 is 30.4 Å². The number of halogens is 3. The number of amides is 2. The molecule has 0 saturated carbocycles. The van der Waals surface area contributed by atoms with E-state index in [1.54, 1.807) is 26.0 Å². The molecule has 0 spiro atoms. The summed E-state index contributed by atoms with van der Waals surface area (Å²) in [4.78, 5) is 37.0. The molecule has 0 bridgehead atoms. The lowest BCUT2D eigenvalue weighted by Gasteiger charge is -2.34. The van der Waals surface area contributed by atoms with Gasteiger partial charge in [0.05, 0.1) is 5.56 Å². The largest absolute Gasteiger partial charge is 0.439 e. The van der Waals surface area contributed by atoms with Crippen molar-refractivity contribution in [3.63, 3.8) is 0 Å². The van der Waals surface area contributed by atoms with Crippen LogP contribution in [0.1, 0.15) is 50.2 Å². The third kappa shape index (κ3) is 8.01. The first-order valence-corrected chi connectivity index (χ1v) is 13.4. The molecule has 1 fully saturated rings. The second-order valence-electron chi connectivity index (χ2n) is 9.76. The minimum absolute atomic E-state index is 0. The van der Waals surface area contributed by atoms with Crippen LogP contribution in [0.3, 0.4) is 0 Å². The molecule has 2 amide bonds. The zero-order chi connectivity index (χ0) is 29.6. The first kappa shape index (κ1) is 29.9. The molecule has 0 aliphatic carbocycles. The molecule has 3 aromatic rings. The van der Waals surface area contributed by atoms with Crippen molar-refractivity contribution in [1.82, 2.24) is 19.8 Å². The number of ether oxygens (including phenoxy) is 1. The number of piperazine rings is 1. The van der Waals surface area contributed by atoms with Crippen molar-refractivity contribution in [2.75, 3.05) is 43.4 Å². The van der Waals surface area contributed by atoms with Gasteiger partial charge in [-0.1, -0.05) is 26.0 Å². The Labute approximate surface area is 239 Å². The summed E-state index contributed by atoms with van der Waals surface area (Å²) < 4.78 is 47.8. The number of likely N-dealkylation sites (N-methyl/N-ethyl adjacent to an activating group) is 1. The lowest BCUT2D eigenvalue weighted by atomic mass is 10.0. The predicted molar refractivity (Wildman–Crippen MR) is 153 cm³/mol. The van der Waals surface area contributed by atoms with Crippen molar-refractivity contribution in [1.29, 1.82) is 0 Å². The van der Waals surface area contributed by atoms with Crippen LogP contribution in [-0.4, -0.2) is 64.3 Å². The maximum absolute atomic E-state index is 14.0. The minimum Gasteiger partial charge on any atom is -0.439 e. The van der Waals surface area contributed by atoms with E-state index in [0.29, 0.717) is 24.4 Å². The summed E-state index contributed by atoms with van der Waals surface area (Å²) in [6, 6.07) is 10.0. The highest BCUT2D eigenvalue weighted by molar-refractivity contribution is 6.04. The molecule has 4 rings (SSSR count). The average Bonchev–Trinajstić information content (AvgIpc) is 2.95. The molecule has 9 nitrogen and oxygen atoms in total. The van der Waals surface area contributed by atoms with Gasteiger partial charge < -0.3 is 20.3 Å². The highest BCUT2D eigenvalue weighted by Gasteiger charge is 2.34. The Kier molecular flexibility index (Phi) is 9.56. The van der Waals surface area contributed by atoms with E-state index >= 15 is 0 Å². The van der Waals surface area contributed by atoms with Crippen LogP contribution in [0.5, 0.6) is 11.6 Å². The van der Waals surface area contributed by atoms with Gasteiger partial charge in [0.15, 0.2) is 0 Å². The monoisotopic (exact) mass is 574 g/mol. The quantitative estimate of drug-likeness (QED) is 0.332. The normalized spacial score (nSPS) is 14.5. The lowest BCUT2D eigenvalue weighted by Crippen LogP contribution is -2.45. The smallest absolute Gasteiger partial charge is 0.416 e. The van der Waals surface area contributed by atoms with Gasteiger partial charge in [-0.2, -0.15) is 13.2 Å². The van der Waals surface area contributed by atoms with E-state index in [9.17, 15) is 22.8 Å². The number of carbonyl (C=O) groups excluding carboxylic acids is 2. The second-order valence-corrected chi connectivity index (χ2v) is 9.76. The number of rotatable bonds is 9. The summed E-state index contributed by atoms with van der Waals surface area (Å²) in [5.41, 5.74) is 0.326. The van der Waals surface area contributed by atoms with Gasteiger partial charge in [-0.3, -0.25) is 14.5 Å². The summed E-state index contributed by atoms with van der Waals surface area (Å²) in [7, 11) is 0. The Hall–Kier alpha value is -4.03. The van der Waals surface area contributed by atoms with Gasteiger partial charge in [0, 0.05) is 59.3 Å². The molecule has 12 heteroatoms. The second kappa shape index (κ2) is 13.1. The third-order valence-corrected chi connectivity index (χ3v) is 6.87. The predicted octanol–water partition coefficient (Wildman–Crippen LogP) is 5.83. The van der Waals surface area contributed by atoms with Gasteiger partial charge in [0.2, 0.25) is 11.8 Å². The zero-order valence-electron chi connectivity index (χ0n) is 23.2. The van der Waals surface area contributed by atoms with E-state index in [-0.39, 0.29) is 50.2 Å². The molecule has 1 saturated heterocycles. The molecule has 2 aromatic carbocycles. The fourth-order valence-corrected chi connectivity index (χ4v) is 4.42. The number of anilines is 2. The van der Waals surface area contributed by atoms with Gasteiger partial charge in [-0.25, -0.2) is 9.97 Å². The molecule has 1 aliphatic heterocycles. The van der Waals surface area contributed by atoms with Crippen molar-refractivity contribution >= 4 is 23.3 Å². The van der Waals surface area contributed by atoms with E-state index in [2.05, 4.69) is 32.4 Å². The zero-order valence-corrected chi connectivity index (χ0v) is 23.2. The number of hydrogen-bond acceptors (Lipinski definition) is 7. The van der Waals surface area contributed by atoms with E-state index in [1.165, 1.54) is 30.6 Å². The maximum Gasteiger partial charge on any atom is 0.416 e. The number of nitrogens with zero attached hydrogens (tertiary/aromatic N) is 4. The highest BCUT2D eigenvalue weighted by Crippen LogP contribution is 2.35. The molecule has 0 radical (unpaired) electrons. The summed E-state index contributed by atoms with van der Waals surface area (Å²) in [6.07, 6.45) is -3.06. The number of hydrogen-bond donors (Lipinski definition) is 2. The molecular weight excluding hydrogens is 537 g/mol. The number of aromatic nitrogens is 2. The SMILES string of the molecule is CCC(=O)Nc1cc(Oc2cc(C(=O)Nc3ccc(CN4CCN(CC)CC4)c(C(F)(F)F)c3)ccc2C)ncn1.[HH].[HH]. The summed E-state index contributed by atoms with van der Waals surface area (Å²) in [6.45, 7) is 9.70. The van der Waals surface area contributed by atoms with Gasteiger partial charge in [-0.05, 0) is 48.9 Å². The van der Waals surface area contributed by atoms with Gasteiger partial charge >= 0.3 is 6.18 Å². The van der Waals surface area contributed by atoms with Gasteiger partial charge in [0.25, 0.3) is 5.91 Å². The molecule has 222 valence electrons. The Bertz CT molecular complexity index is 1400. The summed E-state index contributed by atoms with van der Waals surface area (Å²) >= 11 is 0. The topological polar surface area (TPSA) is 99.7 Å². The van der Waals surface area contributed by atoms with Crippen LogP contribution in [0.15, 0.2) is 48.8 Å². The van der Waals surface area contributed by atoms with Crippen molar-refractivity contribution in [3.05, 3.63) is 71.0 Å². The Morgan fingerprint density at radius 3 is 2.39 bits per heavy atom. The number of alkyl halides is 3. The van der Waals surface area contributed by atoms with E-state index in [1.807, 2.05) is 4.90 Å². The first-order chi connectivity index (χ1) is 19.5. The molecule has 2 heterocycles. The standard InChI is InChI=1S/C29H33F3N6O3.2H2/c1-4-26(39)36-25-16-27(34-18-33-25)41-24-14-20(7-6-19(24)3)28(40)35-22-9-8-21(23(15-22)29(30,31)32)17-38-12-10-37(5-2)11-13-38;;/h6-9,14-16,18H,4-5,10-13,17H2,1-3H3,(H,35,40)(H,33,34,36,39);2*1H. The van der Waals surface area contributed by atoms with Crippen LogP contribution in [0.25, 0.3) is 0 Å². The number of carbonyl (C=O) groups is 2. The molecule has 2 N–H and O–H groups in total. The van der Waals surface area contributed by atoms with Crippen molar-refractivity contribution in [2.24, 2.45) is 0 Å². The third-order valence-electron chi connectivity index (χ3n) is 6.87. The number of aryl methyl sites for hydroxylation is 1. The van der Waals surface area contributed by atoms with Crippen molar-refractivity contribution in [3.8, 4) is 11.6 Å². The highest BCUT2D eigenvalue weighted by atomic mass is 19.4. The number of nitrogens with one attached hydrogen (secondary N) is 2. The maximum atomic E-state index is 14.0. The van der Waals surface area contributed by atoms with Gasteiger partial charge in [0.1, 0.15) is 17.9 Å². The Morgan fingerprint density at radius 1 is 0.976 bits per heavy atom. The number of benzene rings is 2. The molecule has 41 heavy (non-hydrogen) atoms. The van der Waals surface area contributed by atoms with Crippen LogP contribution in [0.4, 0.5) is 24.7 Å². The lowest BCUT2D eigenvalue weighted by molar-refractivity contribution is -0.138. The van der Waals surface area contributed by atoms with E-state index < -0.39 is 17.6 Å². The van der Waals surface area contributed by atoms with Gasteiger partial charge in [-0.15, -0.1) is 0 Å². The summed E-state index contributed by atoms with van der Waals surface area (Å²) in [5.74, 6) is -0.0845. The fourth-order valence-electron chi connectivity index (χ4n) is 4.42. The van der Waals surface area contributed by atoms with Crippen LogP contribution >= 0.6 is 0 Å².